The molecule has 43 heavy (non-hydrogen) atoms. The standard InChI is InChI=1S/C32H34ClN5O3S2/c1-18-11-23-14-24(12-18)43-16-22-13-21(34-37(22)5)15-42-17-26-29(20(3)36(4)35-26)30-25(33)7-8-27-28(30)19(2)31(32(39)40)38(27)9-6-10-41-23/h7-8,11-14H,6,9-10,15-17H2,1-5H3,(H,39,40). The molecule has 1 aliphatic heterocycles. The second-order valence-electron chi connectivity index (χ2n) is 11.0. The van der Waals surface area contributed by atoms with Crippen LogP contribution < -0.4 is 4.74 Å². The molecule has 8 bridgehead atoms. The molecule has 0 radical (unpaired) electrons. The molecule has 11 heteroatoms. The van der Waals surface area contributed by atoms with Crippen LogP contribution in [-0.4, -0.2) is 41.8 Å². The molecule has 6 rings (SSSR count). The number of rotatable bonds is 1. The number of aromatic nitrogens is 5. The Labute approximate surface area is 264 Å². The van der Waals surface area contributed by atoms with Gasteiger partial charge in [-0.3, -0.25) is 9.36 Å². The lowest BCUT2D eigenvalue weighted by atomic mass is 9.97. The Morgan fingerprint density at radius 1 is 1.00 bits per heavy atom. The van der Waals surface area contributed by atoms with Crippen molar-refractivity contribution < 1.29 is 14.6 Å². The zero-order valence-electron chi connectivity index (χ0n) is 24.9. The van der Waals surface area contributed by atoms with Crippen molar-refractivity contribution >= 4 is 52.0 Å². The van der Waals surface area contributed by atoms with Crippen molar-refractivity contribution in [1.29, 1.82) is 0 Å². The molecular weight excluding hydrogens is 602 g/mol. The van der Waals surface area contributed by atoms with Crippen LogP contribution >= 0.6 is 35.1 Å². The van der Waals surface area contributed by atoms with E-state index in [0.717, 1.165) is 72.5 Å². The first-order valence-corrected chi connectivity index (χ1v) is 16.7. The third-order valence-corrected chi connectivity index (χ3v) is 10.3. The number of ether oxygens (including phenoxy) is 1. The zero-order chi connectivity index (χ0) is 30.4. The van der Waals surface area contributed by atoms with Crippen LogP contribution in [0, 0.1) is 20.8 Å². The highest BCUT2D eigenvalue weighted by Crippen LogP contribution is 2.43. The number of thioether (sulfide) groups is 2. The van der Waals surface area contributed by atoms with Crippen molar-refractivity contribution in [2.24, 2.45) is 14.1 Å². The van der Waals surface area contributed by atoms with Crippen LogP contribution in [0.5, 0.6) is 5.75 Å². The number of fused-ring (bicyclic) bond motifs is 6. The lowest BCUT2D eigenvalue weighted by molar-refractivity contribution is 0.0684. The Balaban J connectivity index is 1.48. The highest BCUT2D eigenvalue weighted by Gasteiger charge is 2.27. The van der Waals surface area contributed by atoms with Crippen molar-refractivity contribution in [2.75, 3.05) is 6.61 Å². The second-order valence-corrected chi connectivity index (χ2v) is 13.4. The van der Waals surface area contributed by atoms with E-state index >= 15 is 0 Å². The molecule has 0 spiro atoms. The average Bonchev–Trinajstić information content (AvgIpc) is 3.55. The van der Waals surface area contributed by atoms with Crippen LogP contribution in [0.15, 0.2) is 41.3 Å². The van der Waals surface area contributed by atoms with Crippen LogP contribution in [-0.2, 0) is 37.9 Å². The van der Waals surface area contributed by atoms with Gasteiger partial charge in [0.15, 0.2) is 0 Å². The summed E-state index contributed by atoms with van der Waals surface area (Å²) in [5.41, 5.74) is 8.85. The molecule has 4 heterocycles. The van der Waals surface area contributed by atoms with E-state index in [1.807, 2.05) is 60.1 Å². The molecule has 5 aromatic rings. The third-order valence-electron chi connectivity index (χ3n) is 8.00. The molecule has 8 nitrogen and oxygen atoms in total. The SMILES string of the molecule is Cc1cc2cc(c1)SCc1cc(nn1C)CSCc1nn(C)c(C)c1-c1c(Cl)ccc3c1c(C)c(C(=O)O)n3CCCO2. The van der Waals surface area contributed by atoms with Gasteiger partial charge >= 0.3 is 5.97 Å². The number of benzene rings is 2. The summed E-state index contributed by atoms with van der Waals surface area (Å²) in [4.78, 5) is 13.8. The van der Waals surface area contributed by atoms with Gasteiger partial charge in [0, 0.05) is 81.2 Å². The number of halogens is 1. The van der Waals surface area contributed by atoms with E-state index in [9.17, 15) is 9.90 Å². The van der Waals surface area contributed by atoms with Crippen molar-refractivity contribution in [1.82, 2.24) is 24.1 Å². The monoisotopic (exact) mass is 635 g/mol. The second kappa shape index (κ2) is 12.0. The maximum Gasteiger partial charge on any atom is 0.352 e. The van der Waals surface area contributed by atoms with E-state index in [-0.39, 0.29) is 5.69 Å². The minimum Gasteiger partial charge on any atom is -0.493 e. The van der Waals surface area contributed by atoms with Crippen molar-refractivity contribution in [2.45, 2.75) is 55.9 Å². The van der Waals surface area contributed by atoms with Gasteiger partial charge in [0.1, 0.15) is 11.4 Å². The Hall–Kier alpha value is -3.34. The van der Waals surface area contributed by atoms with Gasteiger partial charge in [0.05, 0.1) is 18.0 Å². The van der Waals surface area contributed by atoms with E-state index in [1.165, 1.54) is 0 Å². The largest absolute Gasteiger partial charge is 0.493 e. The van der Waals surface area contributed by atoms with Crippen LogP contribution in [0.2, 0.25) is 5.02 Å². The van der Waals surface area contributed by atoms with E-state index in [2.05, 4.69) is 25.1 Å². The van der Waals surface area contributed by atoms with Gasteiger partial charge in [-0.15, -0.1) is 23.5 Å². The van der Waals surface area contributed by atoms with Crippen LogP contribution in [0.4, 0.5) is 0 Å². The fraction of sp³-hybridized carbons (Fsp3) is 0.344. The Morgan fingerprint density at radius 2 is 1.81 bits per heavy atom. The van der Waals surface area contributed by atoms with E-state index in [0.29, 0.717) is 35.9 Å². The maximum absolute atomic E-state index is 12.6. The van der Waals surface area contributed by atoms with Crippen molar-refractivity contribution in [3.8, 4) is 16.9 Å². The number of carboxylic acids is 1. The highest BCUT2D eigenvalue weighted by atomic mass is 35.5. The van der Waals surface area contributed by atoms with Gasteiger partial charge in [0.25, 0.3) is 0 Å². The first kappa shape index (κ1) is 29.7. The number of aromatic carboxylic acids is 1. The Kier molecular flexibility index (Phi) is 8.28. The Bertz CT molecular complexity index is 1870. The molecular formula is C32H34ClN5O3S2. The smallest absolute Gasteiger partial charge is 0.352 e. The number of nitrogens with zero attached hydrogens (tertiary/aromatic N) is 5. The lowest BCUT2D eigenvalue weighted by Crippen LogP contribution is -2.12. The predicted octanol–water partition coefficient (Wildman–Crippen LogP) is 7.56. The van der Waals surface area contributed by atoms with Crippen LogP contribution in [0.25, 0.3) is 22.0 Å². The minimum absolute atomic E-state index is 0.276. The molecule has 0 amide bonds. The summed E-state index contributed by atoms with van der Waals surface area (Å²) >= 11 is 10.5. The Morgan fingerprint density at radius 3 is 2.60 bits per heavy atom. The normalized spacial score (nSPS) is 14.4. The van der Waals surface area contributed by atoms with Crippen molar-refractivity contribution in [3.63, 3.8) is 0 Å². The molecule has 3 aromatic heterocycles. The topological polar surface area (TPSA) is 87.1 Å². The molecule has 1 aliphatic rings. The van der Waals surface area contributed by atoms with E-state index in [1.54, 1.807) is 23.5 Å². The molecule has 0 saturated carbocycles. The molecule has 1 N–H and O–H groups in total. The lowest BCUT2D eigenvalue weighted by Gasteiger charge is -2.13. The first-order chi connectivity index (χ1) is 20.6. The van der Waals surface area contributed by atoms with Gasteiger partial charge in [0.2, 0.25) is 0 Å². The average molecular weight is 636 g/mol. The maximum atomic E-state index is 12.6. The van der Waals surface area contributed by atoms with Gasteiger partial charge in [-0.2, -0.15) is 10.2 Å². The summed E-state index contributed by atoms with van der Waals surface area (Å²) in [5.74, 6) is 2.07. The summed E-state index contributed by atoms with van der Waals surface area (Å²) in [6.45, 7) is 6.94. The summed E-state index contributed by atoms with van der Waals surface area (Å²) < 4.78 is 11.9. The fourth-order valence-corrected chi connectivity index (χ4v) is 8.10. The van der Waals surface area contributed by atoms with Gasteiger partial charge in [-0.05, 0) is 74.7 Å². The summed E-state index contributed by atoms with van der Waals surface area (Å²) in [6, 6.07) is 12.3. The van der Waals surface area contributed by atoms with E-state index in [4.69, 9.17) is 26.5 Å². The fourth-order valence-electron chi connectivity index (χ4n) is 5.95. The summed E-state index contributed by atoms with van der Waals surface area (Å²) in [6.07, 6.45) is 0.642. The summed E-state index contributed by atoms with van der Waals surface area (Å²) in [7, 11) is 3.93. The molecule has 0 atom stereocenters. The van der Waals surface area contributed by atoms with Gasteiger partial charge in [-0.1, -0.05) is 11.6 Å². The van der Waals surface area contributed by atoms with Crippen LogP contribution in [0.1, 0.15) is 50.8 Å². The zero-order valence-corrected chi connectivity index (χ0v) is 27.3. The third kappa shape index (κ3) is 5.68. The predicted molar refractivity (Wildman–Crippen MR) is 175 cm³/mol. The van der Waals surface area contributed by atoms with Crippen LogP contribution in [0.3, 0.4) is 0 Å². The molecule has 0 unspecified atom stereocenters. The molecule has 0 fully saturated rings. The molecule has 0 saturated heterocycles. The van der Waals surface area contributed by atoms with E-state index < -0.39 is 5.97 Å². The van der Waals surface area contributed by atoms with Gasteiger partial charge < -0.3 is 14.4 Å². The number of hydrogen-bond donors (Lipinski definition) is 1. The minimum atomic E-state index is -0.958. The summed E-state index contributed by atoms with van der Waals surface area (Å²) in [5, 5.41) is 21.4. The quantitative estimate of drug-likeness (QED) is 0.203. The number of aryl methyl sites for hydroxylation is 5. The first-order valence-electron chi connectivity index (χ1n) is 14.2. The number of carboxylic acid groups (broad SMARTS) is 1. The molecule has 224 valence electrons. The highest BCUT2D eigenvalue weighted by molar-refractivity contribution is 7.98. The molecule has 0 aliphatic carbocycles. The van der Waals surface area contributed by atoms with Crippen molar-refractivity contribution in [3.05, 3.63) is 81.0 Å². The number of hydrogen-bond acceptors (Lipinski definition) is 6. The number of carbonyl (C=O) groups is 1. The molecule has 2 aromatic carbocycles. The van der Waals surface area contributed by atoms with Gasteiger partial charge in [-0.25, -0.2) is 4.79 Å².